The van der Waals surface area contributed by atoms with Crippen LogP contribution in [0.1, 0.15) is 11.4 Å². The summed E-state index contributed by atoms with van der Waals surface area (Å²) in [6.45, 7) is 1.68. The lowest BCUT2D eigenvalue weighted by molar-refractivity contribution is 0.450. The number of hydrogen-bond acceptors (Lipinski definition) is 5. The van der Waals surface area contributed by atoms with E-state index in [1.165, 1.54) is 29.1 Å². The van der Waals surface area contributed by atoms with Gasteiger partial charge in [-0.1, -0.05) is 12.1 Å². The van der Waals surface area contributed by atoms with Crippen molar-refractivity contribution in [3.05, 3.63) is 64.2 Å². The summed E-state index contributed by atoms with van der Waals surface area (Å²) in [5.41, 5.74) is 0.721. The van der Waals surface area contributed by atoms with Crippen LogP contribution in [-0.4, -0.2) is 26.1 Å². The molecule has 0 spiro atoms. The number of fused-ring (bicyclic) bond motifs is 1. The molecule has 1 heterocycles. The number of aryl methyl sites for hydroxylation is 1. The zero-order chi connectivity index (χ0) is 15.7. The summed E-state index contributed by atoms with van der Waals surface area (Å²) in [6, 6.07) is 11.2. The second-order valence-electron chi connectivity index (χ2n) is 4.78. The number of aromatic nitrogens is 2. The molecule has 0 aliphatic heterocycles. The van der Waals surface area contributed by atoms with E-state index in [0.717, 1.165) is 0 Å². The molecule has 3 aromatic rings. The molecule has 1 aromatic heterocycles. The second kappa shape index (κ2) is 5.33. The number of benzene rings is 2. The highest BCUT2D eigenvalue weighted by atomic mass is 16.3. The lowest BCUT2D eigenvalue weighted by Gasteiger charge is -2.05. The van der Waals surface area contributed by atoms with Gasteiger partial charge in [0.05, 0.1) is 17.1 Å². The average Bonchev–Trinajstić information content (AvgIpc) is 2.49. The van der Waals surface area contributed by atoms with Crippen LogP contribution in [0.3, 0.4) is 0 Å². The molecule has 0 atom stereocenters. The van der Waals surface area contributed by atoms with Crippen LogP contribution < -0.4 is 5.56 Å². The number of rotatable bonds is 2. The van der Waals surface area contributed by atoms with E-state index in [1.54, 1.807) is 25.1 Å². The van der Waals surface area contributed by atoms with E-state index in [2.05, 4.69) is 10.1 Å². The molecule has 0 aliphatic rings. The molecule has 0 amide bonds. The minimum atomic E-state index is -0.280. The van der Waals surface area contributed by atoms with Crippen LogP contribution in [0.25, 0.3) is 10.9 Å². The molecule has 0 fully saturated rings. The van der Waals surface area contributed by atoms with Crippen LogP contribution in [0, 0.1) is 6.92 Å². The van der Waals surface area contributed by atoms with Gasteiger partial charge in [0.15, 0.2) is 0 Å². The van der Waals surface area contributed by atoms with Crippen molar-refractivity contribution in [2.24, 2.45) is 5.10 Å². The van der Waals surface area contributed by atoms with E-state index in [-0.39, 0.29) is 17.1 Å². The van der Waals surface area contributed by atoms with Crippen molar-refractivity contribution >= 4 is 17.1 Å². The zero-order valence-electron chi connectivity index (χ0n) is 11.8. The molecule has 0 radical (unpaired) electrons. The predicted molar refractivity (Wildman–Crippen MR) is 83.5 cm³/mol. The summed E-state index contributed by atoms with van der Waals surface area (Å²) in [5.74, 6) is 0.275. The van der Waals surface area contributed by atoms with Gasteiger partial charge < -0.3 is 10.2 Å². The third-order valence-electron chi connectivity index (χ3n) is 3.24. The van der Waals surface area contributed by atoms with Gasteiger partial charge in [0.1, 0.15) is 17.3 Å². The fraction of sp³-hybridized carbons (Fsp3) is 0.0625. The molecule has 0 saturated carbocycles. The number of phenols is 2. The fourth-order valence-corrected chi connectivity index (χ4v) is 2.13. The van der Waals surface area contributed by atoms with Crippen molar-refractivity contribution in [3.63, 3.8) is 0 Å². The molecule has 6 heteroatoms. The Labute approximate surface area is 125 Å². The number of nitrogens with zero attached hydrogens (tertiary/aromatic N) is 3. The van der Waals surface area contributed by atoms with Crippen LogP contribution >= 0.6 is 0 Å². The van der Waals surface area contributed by atoms with Gasteiger partial charge in [-0.3, -0.25) is 4.79 Å². The van der Waals surface area contributed by atoms with Crippen LogP contribution in [0.4, 0.5) is 0 Å². The highest BCUT2D eigenvalue weighted by Crippen LogP contribution is 2.20. The molecule has 0 bridgehead atoms. The number of hydrogen-bond donors (Lipinski definition) is 2. The first-order valence-corrected chi connectivity index (χ1v) is 6.61. The molecule has 0 unspecified atom stereocenters. The first-order valence-electron chi connectivity index (χ1n) is 6.61. The molecule has 0 saturated heterocycles. The molecule has 2 aromatic carbocycles. The summed E-state index contributed by atoms with van der Waals surface area (Å²) < 4.78 is 1.18. The summed E-state index contributed by atoms with van der Waals surface area (Å²) in [7, 11) is 0. The highest BCUT2D eigenvalue weighted by Gasteiger charge is 2.06. The van der Waals surface area contributed by atoms with Crippen LogP contribution in [0.2, 0.25) is 0 Å². The zero-order valence-corrected chi connectivity index (χ0v) is 11.8. The molecular formula is C16H13N3O3. The van der Waals surface area contributed by atoms with E-state index in [4.69, 9.17) is 0 Å². The predicted octanol–water partition coefficient (Wildman–Crippen LogP) is 2.00. The summed E-state index contributed by atoms with van der Waals surface area (Å²) in [6.07, 6.45) is 1.35. The Hall–Kier alpha value is -3.15. The SMILES string of the molecule is Cc1nc2ccccc2c(=O)n1/N=C/c1ccc(O)cc1O. The maximum absolute atomic E-state index is 12.4. The summed E-state index contributed by atoms with van der Waals surface area (Å²) in [4.78, 5) is 16.7. The van der Waals surface area contributed by atoms with Crippen molar-refractivity contribution in [2.75, 3.05) is 0 Å². The molecule has 2 N–H and O–H groups in total. The van der Waals surface area contributed by atoms with Gasteiger partial charge in [-0.15, -0.1) is 0 Å². The minimum Gasteiger partial charge on any atom is -0.508 e. The lowest BCUT2D eigenvalue weighted by atomic mass is 10.2. The van der Waals surface area contributed by atoms with Crippen LogP contribution in [-0.2, 0) is 0 Å². The number of aromatic hydroxyl groups is 2. The minimum absolute atomic E-state index is 0.0460. The van der Waals surface area contributed by atoms with Gasteiger partial charge in [-0.25, -0.2) is 4.98 Å². The monoisotopic (exact) mass is 295 g/mol. The third-order valence-corrected chi connectivity index (χ3v) is 3.24. The van der Waals surface area contributed by atoms with Crippen LogP contribution in [0.15, 0.2) is 52.4 Å². The maximum Gasteiger partial charge on any atom is 0.282 e. The van der Waals surface area contributed by atoms with E-state index < -0.39 is 0 Å². The Morgan fingerprint density at radius 3 is 2.73 bits per heavy atom. The van der Waals surface area contributed by atoms with E-state index in [9.17, 15) is 15.0 Å². The van der Waals surface area contributed by atoms with Crippen molar-refractivity contribution in [2.45, 2.75) is 6.92 Å². The molecular weight excluding hydrogens is 282 g/mol. The van der Waals surface area contributed by atoms with Crippen molar-refractivity contribution < 1.29 is 10.2 Å². The first-order chi connectivity index (χ1) is 10.6. The fourth-order valence-electron chi connectivity index (χ4n) is 2.13. The Morgan fingerprint density at radius 2 is 1.95 bits per heavy atom. The highest BCUT2D eigenvalue weighted by molar-refractivity contribution is 5.84. The van der Waals surface area contributed by atoms with Gasteiger partial charge >= 0.3 is 0 Å². The van der Waals surface area contributed by atoms with Gasteiger partial charge in [-0.2, -0.15) is 9.78 Å². The molecule has 3 rings (SSSR count). The van der Waals surface area contributed by atoms with Crippen molar-refractivity contribution in [3.8, 4) is 11.5 Å². The Balaban J connectivity index is 2.11. The molecule has 0 aliphatic carbocycles. The molecule has 110 valence electrons. The van der Waals surface area contributed by atoms with Crippen molar-refractivity contribution in [1.82, 2.24) is 9.66 Å². The quantitative estimate of drug-likeness (QED) is 0.708. The van der Waals surface area contributed by atoms with Crippen molar-refractivity contribution in [1.29, 1.82) is 0 Å². The largest absolute Gasteiger partial charge is 0.508 e. The maximum atomic E-state index is 12.4. The van der Waals surface area contributed by atoms with E-state index >= 15 is 0 Å². The summed E-state index contributed by atoms with van der Waals surface area (Å²) >= 11 is 0. The smallest absolute Gasteiger partial charge is 0.282 e. The molecule has 22 heavy (non-hydrogen) atoms. The topological polar surface area (TPSA) is 87.7 Å². The second-order valence-corrected chi connectivity index (χ2v) is 4.78. The number of para-hydroxylation sites is 1. The number of phenolic OH excluding ortho intramolecular Hbond substituents is 2. The third kappa shape index (κ3) is 2.42. The standard InChI is InChI=1S/C16H13N3O3/c1-10-18-14-5-3-2-4-13(14)16(22)19(10)17-9-11-6-7-12(20)8-15(11)21/h2-9,20-21H,1H3/b17-9+. The summed E-state index contributed by atoms with van der Waals surface area (Å²) in [5, 5.41) is 23.5. The lowest BCUT2D eigenvalue weighted by Crippen LogP contribution is -2.20. The Morgan fingerprint density at radius 1 is 1.18 bits per heavy atom. The van der Waals surface area contributed by atoms with E-state index in [0.29, 0.717) is 22.3 Å². The normalized spacial score (nSPS) is 11.3. The van der Waals surface area contributed by atoms with Crippen LogP contribution in [0.5, 0.6) is 11.5 Å². The van der Waals surface area contributed by atoms with Gasteiger partial charge in [0.2, 0.25) is 0 Å². The first kappa shape index (κ1) is 13.8. The van der Waals surface area contributed by atoms with Gasteiger partial charge in [0, 0.05) is 11.6 Å². The Bertz CT molecular complexity index is 945. The molecule has 6 nitrogen and oxygen atoms in total. The van der Waals surface area contributed by atoms with Gasteiger partial charge in [0.25, 0.3) is 5.56 Å². The van der Waals surface area contributed by atoms with E-state index in [1.807, 2.05) is 6.07 Å². The van der Waals surface area contributed by atoms with Gasteiger partial charge in [-0.05, 0) is 31.2 Å². The Kier molecular flexibility index (Phi) is 3.34. The average molecular weight is 295 g/mol.